The Hall–Kier alpha value is -5.56. The Morgan fingerprint density at radius 3 is 1.67 bits per heavy atom. The monoisotopic (exact) mass is 656 g/mol. The van der Waals surface area contributed by atoms with Gasteiger partial charge in [-0.3, -0.25) is 18.7 Å². The van der Waals surface area contributed by atoms with Crippen LogP contribution in [0.2, 0.25) is 0 Å². The van der Waals surface area contributed by atoms with E-state index in [2.05, 4.69) is 10.2 Å². The van der Waals surface area contributed by atoms with Gasteiger partial charge in [-0.25, -0.2) is 9.59 Å². The molecule has 232 valence electrons. The third-order valence-corrected chi connectivity index (χ3v) is 7.78. The van der Waals surface area contributed by atoms with Crippen LogP contribution in [0.4, 0.5) is 11.4 Å². The third kappa shape index (κ3) is 7.16. The Kier molecular flexibility index (Phi) is 9.05. The predicted molar refractivity (Wildman–Crippen MR) is 157 cm³/mol. The lowest BCUT2D eigenvalue weighted by atomic mass is 10.0. The molecule has 0 spiro atoms. The number of carboxylic acid groups (broad SMARTS) is 2. The van der Waals surface area contributed by atoms with Gasteiger partial charge in [0.05, 0.1) is 26.7 Å². The summed E-state index contributed by atoms with van der Waals surface area (Å²) in [6, 6.07) is 8.73. The van der Waals surface area contributed by atoms with E-state index in [9.17, 15) is 46.2 Å². The highest BCUT2D eigenvalue weighted by molar-refractivity contribution is 7.86. The first-order chi connectivity index (χ1) is 21.1. The molecule has 2 aromatic carbocycles. The highest BCUT2D eigenvalue weighted by atomic mass is 32.2. The molecule has 2 aromatic rings. The molecule has 0 saturated heterocycles. The Labute approximate surface area is 254 Å². The van der Waals surface area contributed by atoms with Gasteiger partial charge >= 0.3 is 11.9 Å². The number of rotatable bonds is 10. The predicted octanol–water partition coefficient (Wildman–Crippen LogP) is 1.67. The van der Waals surface area contributed by atoms with Crippen LogP contribution in [0.5, 0.6) is 0 Å². The lowest BCUT2D eigenvalue weighted by Gasteiger charge is -2.13. The van der Waals surface area contributed by atoms with Crippen LogP contribution in [0.1, 0.15) is 0 Å². The average Bonchev–Trinajstić information content (AvgIpc) is 3.48. The largest absolute Gasteiger partial charge is 0.477 e. The summed E-state index contributed by atoms with van der Waals surface area (Å²) < 4.78 is 63.2. The number of amides is 2. The van der Waals surface area contributed by atoms with Gasteiger partial charge in [0.1, 0.15) is 5.92 Å². The van der Waals surface area contributed by atoms with Crippen LogP contribution in [-0.2, 0) is 39.4 Å². The van der Waals surface area contributed by atoms with E-state index in [1.54, 1.807) is 0 Å². The fraction of sp³-hybridized carbons (Fsp3) is 0.0370. The minimum Gasteiger partial charge on any atom is -0.477 e. The van der Waals surface area contributed by atoms with Crippen molar-refractivity contribution < 1.29 is 55.3 Å². The summed E-state index contributed by atoms with van der Waals surface area (Å²) in [5.41, 5.74) is -1.26. The Balaban J connectivity index is 1.45. The summed E-state index contributed by atoms with van der Waals surface area (Å²) in [5.74, 6) is -5.82. The van der Waals surface area contributed by atoms with Crippen molar-refractivity contribution in [3.8, 4) is 0 Å². The molecular formula is C27H20N4O12S2. The second kappa shape index (κ2) is 12.6. The van der Waals surface area contributed by atoms with Crippen molar-refractivity contribution in [3.05, 3.63) is 96.6 Å². The number of anilines is 2. The van der Waals surface area contributed by atoms with E-state index in [0.29, 0.717) is 0 Å². The van der Waals surface area contributed by atoms with Gasteiger partial charge in [0, 0.05) is 0 Å². The standard InChI is InChI=1S/C27H20N4O12S2/c32-24-20(22(26(34)35)28-30(24)16-8-12-18(13-9-16)44(38,39)40)6-4-2-1-3-5-7-21-23(27(36)37)29-31(25(21)33)17-10-14-19(15-11-17)45(41,42)43/h1-15,20H,(H,34,35)(H,36,37)(H,38,39,40)(H,41,42,43)/b2-1+,5-3+,6-4+,21-7-. The molecule has 18 heteroatoms. The lowest BCUT2D eigenvalue weighted by molar-refractivity contribution is -0.130. The first kappa shape index (κ1) is 32.4. The van der Waals surface area contributed by atoms with Gasteiger partial charge < -0.3 is 10.2 Å². The number of aliphatic carboxylic acids is 2. The van der Waals surface area contributed by atoms with Crippen LogP contribution >= 0.6 is 0 Å². The topological polar surface area (TPSA) is 249 Å². The van der Waals surface area contributed by atoms with Crippen molar-refractivity contribution >= 4 is 66.8 Å². The maximum absolute atomic E-state index is 12.9. The van der Waals surface area contributed by atoms with Crippen LogP contribution in [0.25, 0.3) is 0 Å². The second-order valence-corrected chi connectivity index (χ2v) is 11.8. The summed E-state index contributed by atoms with van der Waals surface area (Å²) in [5, 5.41) is 28.1. The number of carbonyl (C=O) groups excluding carboxylic acids is 2. The third-order valence-electron chi connectivity index (χ3n) is 6.05. The molecule has 45 heavy (non-hydrogen) atoms. The molecule has 0 aromatic heterocycles. The van der Waals surface area contributed by atoms with E-state index in [-0.39, 0.29) is 16.9 Å². The zero-order chi connectivity index (χ0) is 33.1. The molecule has 1 atom stereocenters. The summed E-state index contributed by atoms with van der Waals surface area (Å²) in [6.45, 7) is 0. The van der Waals surface area contributed by atoms with Crippen molar-refractivity contribution in [2.75, 3.05) is 10.0 Å². The Bertz CT molecular complexity index is 1990. The van der Waals surface area contributed by atoms with Crippen LogP contribution in [0.15, 0.2) is 117 Å². The molecule has 0 radical (unpaired) electrons. The van der Waals surface area contributed by atoms with Crippen molar-refractivity contribution in [2.45, 2.75) is 9.79 Å². The molecule has 4 rings (SSSR count). The number of hydrogen-bond acceptors (Lipinski definition) is 10. The molecule has 2 amide bonds. The highest BCUT2D eigenvalue weighted by Gasteiger charge is 2.39. The van der Waals surface area contributed by atoms with E-state index >= 15 is 0 Å². The molecule has 2 aliphatic heterocycles. The van der Waals surface area contributed by atoms with Gasteiger partial charge in [0.2, 0.25) is 0 Å². The van der Waals surface area contributed by atoms with E-state index in [0.717, 1.165) is 46.4 Å². The minimum atomic E-state index is -4.49. The fourth-order valence-electron chi connectivity index (χ4n) is 3.94. The molecule has 0 saturated carbocycles. The smallest absolute Gasteiger partial charge is 0.357 e. The number of carbonyl (C=O) groups is 4. The van der Waals surface area contributed by atoms with Gasteiger partial charge in [0.25, 0.3) is 32.1 Å². The van der Waals surface area contributed by atoms with Gasteiger partial charge in [0.15, 0.2) is 11.4 Å². The summed E-state index contributed by atoms with van der Waals surface area (Å²) in [6.07, 6.45) is 9.36. The van der Waals surface area contributed by atoms with Crippen LogP contribution in [0, 0.1) is 5.92 Å². The van der Waals surface area contributed by atoms with E-state index in [4.69, 9.17) is 9.11 Å². The highest BCUT2D eigenvalue weighted by Crippen LogP contribution is 2.27. The van der Waals surface area contributed by atoms with E-state index < -0.39 is 71.1 Å². The number of hydrogen-bond donors (Lipinski definition) is 4. The maximum atomic E-state index is 12.9. The molecule has 0 fully saturated rings. The first-order valence-corrected chi connectivity index (χ1v) is 15.2. The zero-order valence-corrected chi connectivity index (χ0v) is 24.0. The van der Waals surface area contributed by atoms with Crippen molar-refractivity contribution in [1.29, 1.82) is 0 Å². The summed E-state index contributed by atoms with van der Waals surface area (Å²) in [4.78, 5) is 48.2. The zero-order valence-electron chi connectivity index (χ0n) is 22.4. The van der Waals surface area contributed by atoms with Crippen LogP contribution in [0.3, 0.4) is 0 Å². The molecule has 0 aliphatic carbocycles. The normalized spacial score (nSPS) is 18.5. The number of benzene rings is 2. The van der Waals surface area contributed by atoms with Crippen molar-refractivity contribution in [1.82, 2.24) is 0 Å². The van der Waals surface area contributed by atoms with Crippen LogP contribution < -0.4 is 10.0 Å². The maximum Gasteiger partial charge on any atom is 0.357 e. The van der Waals surface area contributed by atoms with Crippen molar-refractivity contribution in [2.24, 2.45) is 16.1 Å². The molecule has 4 N–H and O–H groups in total. The summed E-state index contributed by atoms with van der Waals surface area (Å²) >= 11 is 0. The average molecular weight is 657 g/mol. The first-order valence-electron chi connectivity index (χ1n) is 12.3. The number of hydrazone groups is 2. The molecule has 2 aliphatic rings. The van der Waals surface area contributed by atoms with E-state index in [1.807, 2.05) is 0 Å². The van der Waals surface area contributed by atoms with Gasteiger partial charge in [-0.1, -0.05) is 36.5 Å². The second-order valence-electron chi connectivity index (χ2n) is 8.96. The molecular weight excluding hydrogens is 636 g/mol. The molecule has 2 heterocycles. The van der Waals surface area contributed by atoms with Gasteiger partial charge in [-0.05, 0) is 54.6 Å². The van der Waals surface area contributed by atoms with E-state index in [1.165, 1.54) is 54.7 Å². The van der Waals surface area contributed by atoms with Crippen LogP contribution in [-0.4, -0.2) is 71.3 Å². The quantitative estimate of drug-likeness (QED) is 0.162. The molecule has 16 nitrogen and oxygen atoms in total. The molecule has 0 bridgehead atoms. The Morgan fingerprint density at radius 1 is 0.689 bits per heavy atom. The lowest BCUT2D eigenvalue weighted by Crippen LogP contribution is -2.28. The van der Waals surface area contributed by atoms with Crippen molar-refractivity contribution in [3.63, 3.8) is 0 Å². The molecule has 1 unspecified atom stereocenters. The van der Waals surface area contributed by atoms with Gasteiger partial charge in [-0.15, -0.1) is 0 Å². The van der Waals surface area contributed by atoms with Gasteiger partial charge in [-0.2, -0.15) is 37.1 Å². The number of nitrogens with zero attached hydrogens (tertiary/aromatic N) is 4. The number of carboxylic acids is 2. The fourth-order valence-corrected chi connectivity index (χ4v) is 4.90. The Morgan fingerprint density at radius 2 is 1.18 bits per heavy atom. The summed E-state index contributed by atoms with van der Waals surface area (Å²) in [7, 11) is -8.97. The SMILES string of the molecule is O=C(O)C1=NN(c2ccc(S(=O)(=O)O)cc2)C(=O)\C1=C/C=C/C=C/C=C/C1C(=O)N(c2ccc(S(=O)(=O)O)cc2)N=C1C(=O)O. The minimum absolute atomic E-state index is 0.0444. The number of allylic oxidation sites excluding steroid dienone is 6.